The van der Waals surface area contributed by atoms with E-state index in [4.69, 9.17) is 5.73 Å². The van der Waals surface area contributed by atoms with E-state index >= 15 is 0 Å². The summed E-state index contributed by atoms with van der Waals surface area (Å²) in [5.74, 6) is 1.62. The van der Waals surface area contributed by atoms with Gasteiger partial charge in [-0.15, -0.1) is 0 Å². The second-order valence-corrected chi connectivity index (χ2v) is 9.01. The molecule has 2 unspecified atom stereocenters. The summed E-state index contributed by atoms with van der Waals surface area (Å²) in [7, 11) is 1.85. The molecule has 2 atom stereocenters. The Balaban J connectivity index is 1.27. The van der Waals surface area contributed by atoms with Crippen LogP contribution in [0.25, 0.3) is 0 Å². The molecular weight excluding hydrogens is 378 g/mol. The number of likely N-dealkylation sites (N-methyl/N-ethyl adjacent to an activating group) is 1. The van der Waals surface area contributed by atoms with Gasteiger partial charge < -0.3 is 26.2 Å². The molecule has 8 nitrogen and oxygen atoms in total. The number of fused-ring (bicyclic) bond motifs is 1. The van der Waals surface area contributed by atoms with Crippen LogP contribution in [0, 0.1) is 12.8 Å². The summed E-state index contributed by atoms with van der Waals surface area (Å²) < 4.78 is 0. The largest absolute Gasteiger partial charge is 0.370 e. The van der Waals surface area contributed by atoms with Gasteiger partial charge in [0.05, 0.1) is 11.5 Å². The molecule has 2 aliphatic heterocycles. The summed E-state index contributed by atoms with van der Waals surface area (Å²) in [5.41, 5.74) is 9.27. The maximum atomic E-state index is 12.3. The third kappa shape index (κ3) is 3.56. The van der Waals surface area contributed by atoms with Gasteiger partial charge in [-0.1, -0.05) is 0 Å². The first kappa shape index (κ1) is 19.1. The van der Waals surface area contributed by atoms with Crippen molar-refractivity contribution in [3.63, 3.8) is 0 Å². The molecule has 30 heavy (non-hydrogen) atoms. The van der Waals surface area contributed by atoms with Crippen LogP contribution in [-0.2, 0) is 4.79 Å². The Morgan fingerprint density at radius 1 is 1.17 bits per heavy atom. The summed E-state index contributed by atoms with van der Waals surface area (Å²) >= 11 is 0. The second kappa shape index (κ2) is 7.12. The van der Waals surface area contributed by atoms with Crippen LogP contribution in [0.2, 0.25) is 0 Å². The molecular formula is C22H29N7O. The lowest BCUT2D eigenvalue weighted by molar-refractivity contribution is -0.130. The molecule has 1 saturated carbocycles. The molecule has 0 bridgehead atoms. The van der Waals surface area contributed by atoms with Gasteiger partial charge in [-0.2, -0.15) is 4.98 Å². The van der Waals surface area contributed by atoms with Crippen molar-refractivity contribution in [2.75, 3.05) is 42.2 Å². The van der Waals surface area contributed by atoms with Crippen molar-refractivity contribution in [3.05, 3.63) is 36.0 Å². The van der Waals surface area contributed by atoms with Gasteiger partial charge in [-0.3, -0.25) is 4.79 Å². The molecule has 3 aliphatic rings. The van der Waals surface area contributed by atoms with Crippen LogP contribution in [0.4, 0.5) is 23.1 Å². The van der Waals surface area contributed by atoms with Gasteiger partial charge in [-0.05, 0) is 50.5 Å². The zero-order valence-corrected chi connectivity index (χ0v) is 17.6. The van der Waals surface area contributed by atoms with E-state index in [1.54, 1.807) is 4.90 Å². The first-order chi connectivity index (χ1) is 14.4. The van der Waals surface area contributed by atoms with Gasteiger partial charge in [0, 0.05) is 55.9 Å². The van der Waals surface area contributed by atoms with E-state index in [-0.39, 0.29) is 11.8 Å². The van der Waals surface area contributed by atoms with Gasteiger partial charge in [-0.25, -0.2) is 4.98 Å². The van der Waals surface area contributed by atoms with E-state index in [9.17, 15) is 4.79 Å². The highest BCUT2D eigenvalue weighted by Gasteiger charge is 2.51. The van der Waals surface area contributed by atoms with Crippen molar-refractivity contribution in [2.24, 2.45) is 11.7 Å². The van der Waals surface area contributed by atoms with Crippen molar-refractivity contribution >= 4 is 29.0 Å². The van der Waals surface area contributed by atoms with E-state index in [1.807, 2.05) is 32.3 Å². The number of hydrogen-bond acceptors (Lipinski definition) is 7. The number of aromatic nitrogens is 2. The Morgan fingerprint density at radius 3 is 2.67 bits per heavy atom. The van der Waals surface area contributed by atoms with Crippen molar-refractivity contribution < 1.29 is 4.79 Å². The fraction of sp³-hybridized carbons (Fsp3) is 0.500. The lowest BCUT2D eigenvalue weighted by Crippen LogP contribution is -2.60. The fourth-order valence-electron chi connectivity index (χ4n) is 4.61. The van der Waals surface area contributed by atoms with E-state index in [1.165, 1.54) is 12.8 Å². The number of likely N-dealkylation sites (tertiary alicyclic amines) is 1. The number of nitrogens with one attached hydrogen (secondary N) is 2. The SMILES string of the molecule is Cc1cnc(Nc2ccc(N3CCC4C(=O)N(C)CC4(N)C3)cc2)nc1NC1CC1. The Bertz CT molecular complexity index is 958. The van der Waals surface area contributed by atoms with Crippen molar-refractivity contribution in [3.8, 4) is 0 Å². The zero-order chi connectivity index (χ0) is 20.9. The Morgan fingerprint density at radius 2 is 1.93 bits per heavy atom. The molecule has 3 heterocycles. The summed E-state index contributed by atoms with van der Waals surface area (Å²) in [5, 5.41) is 6.75. The molecule has 1 aliphatic carbocycles. The smallest absolute Gasteiger partial charge is 0.229 e. The number of aryl methyl sites for hydroxylation is 1. The Labute approximate surface area is 176 Å². The number of rotatable bonds is 5. The number of anilines is 4. The minimum absolute atomic E-state index is 0.0585. The first-order valence-corrected chi connectivity index (χ1v) is 10.7. The number of nitrogens with two attached hydrogens (primary N) is 1. The quantitative estimate of drug-likeness (QED) is 0.698. The topological polar surface area (TPSA) is 99.4 Å². The van der Waals surface area contributed by atoms with Gasteiger partial charge in [0.1, 0.15) is 5.82 Å². The summed E-state index contributed by atoms with van der Waals surface area (Å²) in [6.45, 7) is 4.17. The Hall–Kier alpha value is -2.87. The minimum atomic E-state index is -0.471. The van der Waals surface area contributed by atoms with E-state index in [0.29, 0.717) is 25.1 Å². The van der Waals surface area contributed by atoms with Crippen LogP contribution in [0.15, 0.2) is 30.5 Å². The van der Waals surface area contributed by atoms with Gasteiger partial charge in [0.15, 0.2) is 0 Å². The summed E-state index contributed by atoms with van der Waals surface area (Å²) in [6, 6.07) is 8.80. The lowest BCUT2D eigenvalue weighted by Gasteiger charge is -2.41. The van der Waals surface area contributed by atoms with Crippen molar-refractivity contribution in [1.82, 2.24) is 14.9 Å². The van der Waals surface area contributed by atoms with Crippen molar-refractivity contribution in [1.29, 1.82) is 0 Å². The third-order valence-electron chi connectivity index (χ3n) is 6.45. The van der Waals surface area contributed by atoms with Crippen molar-refractivity contribution in [2.45, 2.75) is 37.8 Å². The average molecular weight is 408 g/mol. The Kier molecular flexibility index (Phi) is 4.54. The molecule has 2 saturated heterocycles. The predicted molar refractivity (Wildman–Crippen MR) is 118 cm³/mol. The second-order valence-electron chi connectivity index (χ2n) is 9.01. The molecule has 0 radical (unpaired) electrons. The van der Waals surface area contributed by atoms with Crippen LogP contribution in [0.5, 0.6) is 0 Å². The molecule has 1 amide bonds. The van der Waals surface area contributed by atoms with Crippen LogP contribution >= 0.6 is 0 Å². The normalized spacial score (nSPS) is 26.0. The zero-order valence-electron chi connectivity index (χ0n) is 17.6. The van der Waals surface area contributed by atoms with Crippen LogP contribution in [0.3, 0.4) is 0 Å². The van der Waals surface area contributed by atoms with E-state index in [0.717, 1.165) is 35.7 Å². The molecule has 3 fully saturated rings. The van der Waals surface area contributed by atoms with Crippen LogP contribution < -0.4 is 21.3 Å². The maximum Gasteiger partial charge on any atom is 0.229 e. The monoisotopic (exact) mass is 407 g/mol. The number of carbonyl (C=O) groups is 1. The predicted octanol–water partition coefficient (Wildman–Crippen LogP) is 2.10. The highest BCUT2D eigenvalue weighted by atomic mass is 16.2. The molecule has 0 spiro atoms. The number of amides is 1. The molecule has 158 valence electrons. The van der Waals surface area contributed by atoms with Crippen LogP contribution in [-0.4, -0.2) is 59.0 Å². The van der Waals surface area contributed by atoms with Gasteiger partial charge in [0.25, 0.3) is 0 Å². The third-order valence-corrected chi connectivity index (χ3v) is 6.45. The minimum Gasteiger partial charge on any atom is -0.370 e. The summed E-state index contributed by atoms with van der Waals surface area (Å²) in [4.78, 5) is 25.4. The summed E-state index contributed by atoms with van der Waals surface area (Å²) in [6.07, 6.45) is 5.06. The number of nitrogens with zero attached hydrogens (tertiary/aromatic N) is 4. The molecule has 4 N–H and O–H groups in total. The lowest BCUT2D eigenvalue weighted by atomic mass is 9.81. The van der Waals surface area contributed by atoms with Gasteiger partial charge >= 0.3 is 0 Å². The standard InChI is InChI=1S/C22H29N7O/c1-14-11-24-21(27-19(14)25-15-3-4-15)26-16-5-7-17(8-6-16)29-10-9-18-20(30)28(2)12-22(18,23)13-29/h5-8,11,15,18H,3-4,9-10,12-13,23H2,1-2H3,(H2,24,25,26,27). The first-order valence-electron chi connectivity index (χ1n) is 10.7. The van der Waals surface area contributed by atoms with Crippen LogP contribution in [0.1, 0.15) is 24.8 Å². The molecule has 1 aromatic heterocycles. The molecule has 2 aromatic rings. The highest BCUT2D eigenvalue weighted by Crippen LogP contribution is 2.35. The number of benzene rings is 1. The number of piperidine rings is 1. The average Bonchev–Trinajstić information content (AvgIpc) is 3.50. The maximum absolute atomic E-state index is 12.3. The fourth-order valence-corrected chi connectivity index (χ4v) is 4.61. The van der Waals surface area contributed by atoms with E-state index in [2.05, 4.69) is 37.6 Å². The number of hydrogen-bond donors (Lipinski definition) is 3. The number of carbonyl (C=O) groups excluding carboxylic acids is 1. The highest BCUT2D eigenvalue weighted by molar-refractivity contribution is 5.83. The van der Waals surface area contributed by atoms with E-state index < -0.39 is 5.54 Å². The molecule has 8 heteroatoms. The molecule has 5 rings (SSSR count). The molecule has 1 aromatic carbocycles. The van der Waals surface area contributed by atoms with Gasteiger partial charge in [0.2, 0.25) is 11.9 Å².